The Bertz CT molecular complexity index is 278. The molecule has 0 aliphatic carbocycles. The van der Waals surface area contributed by atoms with Crippen molar-refractivity contribution in [2.75, 3.05) is 6.61 Å². The second-order valence-electron chi connectivity index (χ2n) is 3.09. The van der Waals surface area contributed by atoms with Crippen LogP contribution in [-0.2, 0) is 9.53 Å². The first-order valence-electron chi connectivity index (χ1n) is 4.15. The van der Waals surface area contributed by atoms with E-state index in [9.17, 15) is 4.79 Å². The Hall–Kier alpha value is -1.27. The van der Waals surface area contributed by atoms with Crippen molar-refractivity contribution in [1.29, 1.82) is 0 Å². The summed E-state index contributed by atoms with van der Waals surface area (Å²) in [5.74, 6) is -0.269. The molecule has 2 heteroatoms. The molecule has 0 saturated heterocycles. The number of hydrogen-bond donors (Lipinski definition) is 0. The monoisotopic (exact) mass is 180 g/mol. The highest BCUT2D eigenvalue weighted by Gasteiger charge is 1.94. The fraction of sp³-hybridized carbons (Fsp3) is 0.455. The van der Waals surface area contributed by atoms with Gasteiger partial charge in [0, 0.05) is 12.5 Å². The van der Waals surface area contributed by atoms with Gasteiger partial charge in [0.1, 0.15) is 6.61 Å². The van der Waals surface area contributed by atoms with Crippen molar-refractivity contribution in [2.24, 2.45) is 0 Å². The molecule has 13 heavy (non-hydrogen) atoms. The van der Waals surface area contributed by atoms with Crippen LogP contribution >= 0.6 is 0 Å². The van der Waals surface area contributed by atoms with Crippen molar-refractivity contribution in [3.8, 4) is 0 Å². The van der Waals surface area contributed by atoms with Crippen molar-refractivity contribution < 1.29 is 9.53 Å². The highest BCUT2D eigenvalue weighted by Crippen LogP contribution is 2.04. The highest BCUT2D eigenvalue weighted by molar-refractivity contribution is 5.66. The van der Waals surface area contributed by atoms with E-state index in [0.29, 0.717) is 6.61 Å². The van der Waals surface area contributed by atoms with E-state index in [4.69, 9.17) is 4.74 Å². The van der Waals surface area contributed by atoms with Gasteiger partial charge in [0.05, 0.1) is 0 Å². The first-order valence-corrected chi connectivity index (χ1v) is 4.15. The van der Waals surface area contributed by atoms with Crippen molar-refractivity contribution >= 4 is 5.97 Å². The quantitative estimate of drug-likeness (QED) is 0.379. The van der Waals surface area contributed by atoms with Gasteiger partial charge in [-0.15, -0.1) is 5.73 Å². The normalized spacial score (nSPS) is 8.62. The molecule has 0 unspecified atom stereocenters. The Morgan fingerprint density at radius 2 is 1.85 bits per heavy atom. The molecule has 72 valence electrons. The zero-order chi connectivity index (χ0) is 10.4. The Balaban J connectivity index is 4.39. The molecule has 0 bridgehead atoms. The molecule has 0 aliphatic rings. The van der Waals surface area contributed by atoms with Gasteiger partial charge in [0.25, 0.3) is 0 Å². The van der Waals surface area contributed by atoms with Gasteiger partial charge in [-0.25, -0.2) is 0 Å². The third-order valence-corrected chi connectivity index (χ3v) is 1.53. The zero-order valence-electron chi connectivity index (χ0n) is 8.73. The maximum Gasteiger partial charge on any atom is 0.302 e. The van der Waals surface area contributed by atoms with E-state index in [1.54, 1.807) is 0 Å². The van der Waals surface area contributed by atoms with Crippen molar-refractivity contribution in [3.63, 3.8) is 0 Å². The van der Waals surface area contributed by atoms with Gasteiger partial charge in [-0.1, -0.05) is 6.58 Å². The molecule has 0 aromatic carbocycles. The largest absolute Gasteiger partial charge is 0.461 e. The third kappa shape index (κ3) is 5.94. The topological polar surface area (TPSA) is 26.3 Å². The van der Waals surface area contributed by atoms with Crippen LogP contribution in [0.4, 0.5) is 0 Å². The van der Waals surface area contributed by atoms with Crippen molar-refractivity contribution in [3.05, 3.63) is 29.0 Å². The van der Waals surface area contributed by atoms with Gasteiger partial charge >= 0.3 is 5.97 Å². The lowest BCUT2D eigenvalue weighted by atomic mass is 10.1. The van der Waals surface area contributed by atoms with Crippen LogP contribution in [0.1, 0.15) is 27.7 Å². The number of carbonyl (C=O) groups excluding carboxylic acids is 1. The second kappa shape index (κ2) is 5.39. The first kappa shape index (κ1) is 11.7. The molecule has 0 saturated carbocycles. The number of hydrogen-bond acceptors (Lipinski definition) is 2. The minimum Gasteiger partial charge on any atom is -0.461 e. The molecular weight excluding hydrogens is 164 g/mol. The van der Waals surface area contributed by atoms with Crippen LogP contribution in [-0.4, -0.2) is 12.6 Å². The van der Waals surface area contributed by atoms with E-state index in [1.165, 1.54) is 6.92 Å². The Kier molecular flexibility index (Phi) is 4.86. The lowest BCUT2D eigenvalue weighted by Crippen LogP contribution is -2.00. The molecular formula is C11H16O2. The Labute approximate surface area is 79.6 Å². The predicted octanol–water partition coefficient (Wildman–Crippen LogP) is 2.62. The highest BCUT2D eigenvalue weighted by atomic mass is 16.5. The van der Waals surface area contributed by atoms with Crippen LogP contribution in [0.15, 0.2) is 29.0 Å². The first-order chi connectivity index (χ1) is 5.93. The maximum atomic E-state index is 10.5. The lowest BCUT2D eigenvalue weighted by molar-refractivity contribution is -0.139. The van der Waals surface area contributed by atoms with Gasteiger partial charge in [-0.05, 0) is 31.9 Å². The summed E-state index contributed by atoms with van der Waals surface area (Å²) < 4.78 is 4.80. The fourth-order valence-electron chi connectivity index (χ4n) is 0.673. The van der Waals surface area contributed by atoms with Gasteiger partial charge < -0.3 is 4.74 Å². The summed E-state index contributed by atoms with van der Waals surface area (Å²) in [5.41, 5.74) is 5.95. The summed E-state index contributed by atoms with van der Waals surface area (Å²) in [5, 5.41) is 0. The van der Waals surface area contributed by atoms with Crippen molar-refractivity contribution in [2.45, 2.75) is 27.7 Å². The summed E-state index contributed by atoms with van der Waals surface area (Å²) >= 11 is 0. The molecule has 0 heterocycles. The van der Waals surface area contributed by atoms with E-state index < -0.39 is 0 Å². The summed E-state index contributed by atoms with van der Waals surface area (Å²) in [6.45, 7) is 11.2. The Morgan fingerprint density at radius 1 is 1.31 bits per heavy atom. The van der Waals surface area contributed by atoms with Crippen LogP contribution in [0, 0.1) is 0 Å². The molecule has 0 aromatic rings. The number of esters is 1. The summed E-state index contributed by atoms with van der Waals surface area (Å²) in [6.07, 6.45) is 0. The van der Waals surface area contributed by atoms with E-state index in [0.717, 1.165) is 16.7 Å². The van der Waals surface area contributed by atoms with Crippen LogP contribution in [0.2, 0.25) is 0 Å². The molecule has 0 N–H and O–H groups in total. The van der Waals surface area contributed by atoms with E-state index >= 15 is 0 Å². The van der Waals surface area contributed by atoms with Gasteiger partial charge in [0.15, 0.2) is 0 Å². The van der Waals surface area contributed by atoms with Gasteiger partial charge in [-0.3, -0.25) is 4.79 Å². The SMILES string of the molecule is C=C(C)C(C)=C=C(C)COC(C)=O. The van der Waals surface area contributed by atoms with Crippen LogP contribution in [0.3, 0.4) is 0 Å². The predicted molar refractivity (Wildman–Crippen MR) is 53.3 cm³/mol. The third-order valence-electron chi connectivity index (χ3n) is 1.53. The minimum atomic E-state index is -0.269. The number of rotatable bonds is 3. The minimum absolute atomic E-state index is 0.269. The van der Waals surface area contributed by atoms with Crippen LogP contribution < -0.4 is 0 Å². The number of allylic oxidation sites excluding steroid dienone is 1. The summed E-state index contributed by atoms with van der Waals surface area (Å²) in [6, 6.07) is 0. The van der Waals surface area contributed by atoms with Gasteiger partial charge in [-0.2, -0.15) is 0 Å². The average molecular weight is 180 g/mol. The summed E-state index contributed by atoms with van der Waals surface area (Å²) in [4.78, 5) is 10.5. The van der Waals surface area contributed by atoms with Crippen molar-refractivity contribution in [1.82, 2.24) is 0 Å². The molecule has 0 amide bonds. The molecule has 0 aromatic heterocycles. The molecule has 0 spiro atoms. The average Bonchev–Trinajstić information content (AvgIpc) is 2.00. The smallest absolute Gasteiger partial charge is 0.302 e. The maximum absolute atomic E-state index is 10.5. The standard InChI is InChI=1S/C11H16O2/c1-8(2)10(4)6-9(3)7-13-11(5)12/h1,7H2,2-5H3. The van der Waals surface area contributed by atoms with Gasteiger partial charge in [0.2, 0.25) is 0 Å². The Morgan fingerprint density at radius 3 is 2.23 bits per heavy atom. The molecule has 0 radical (unpaired) electrons. The number of ether oxygens (including phenoxy) is 1. The second-order valence-corrected chi connectivity index (χ2v) is 3.09. The fourth-order valence-corrected chi connectivity index (χ4v) is 0.673. The molecule has 0 atom stereocenters. The number of carbonyl (C=O) groups is 1. The molecule has 0 rings (SSSR count). The lowest BCUT2D eigenvalue weighted by Gasteiger charge is -1.99. The van der Waals surface area contributed by atoms with E-state index in [-0.39, 0.29) is 5.97 Å². The molecule has 0 fully saturated rings. The molecule has 2 nitrogen and oxygen atoms in total. The van der Waals surface area contributed by atoms with E-state index in [1.807, 2.05) is 20.8 Å². The van der Waals surface area contributed by atoms with E-state index in [2.05, 4.69) is 12.3 Å². The van der Waals surface area contributed by atoms with Crippen LogP contribution in [0.25, 0.3) is 0 Å². The molecule has 0 aliphatic heterocycles. The summed E-state index contributed by atoms with van der Waals surface area (Å²) in [7, 11) is 0. The van der Waals surface area contributed by atoms with Crippen LogP contribution in [0.5, 0.6) is 0 Å². The zero-order valence-corrected chi connectivity index (χ0v) is 8.73.